The molecule has 0 rings (SSSR count). The van der Waals surface area contributed by atoms with Crippen LogP contribution in [0.5, 0.6) is 0 Å². The second-order valence-electron chi connectivity index (χ2n) is 5.65. The fourth-order valence-electron chi connectivity index (χ4n) is 0. The molecule has 61 heteroatoms. The first-order valence-corrected chi connectivity index (χ1v) is 13.0. The van der Waals surface area contributed by atoms with E-state index in [1.165, 1.54) is 0 Å². The third-order valence-electron chi connectivity index (χ3n) is 0. The summed E-state index contributed by atoms with van der Waals surface area (Å²) >= 11 is 0. The van der Waals surface area contributed by atoms with Crippen LogP contribution >= 0.6 is 0 Å². The van der Waals surface area contributed by atoms with Gasteiger partial charge in [0.15, 0.2) is 0 Å². The van der Waals surface area contributed by atoms with Gasteiger partial charge in [-0.25, -0.2) is 95.9 Å². The third kappa shape index (κ3) is 1490. The molecule has 0 unspecified atom stereocenters. The zero-order valence-corrected chi connectivity index (χ0v) is 36.1. The van der Waals surface area contributed by atoms with E-state index >= 15 is 0 Å². The summed E-state index contributed by atoms with van der Waals surface area (Å²) < 4.78 is 0. The number of carbonyl (C=O) groups is 20. The van der Waals surface area contributed by atoms with Crippen LogP contribution < -0.4 is 0 Å². The Morgan fingerprint density at radius 3 is 0.0864 bits per heavy atom. The van der Waals surface area contributed by atoms with Crippen molar-refractivity contribution < 1.29 is 300 Å². The molecule has 0 amide bonds. The minimum atomic E-state index is -1.83. The van der Waals surface area contributed by atoms with Crippen molar-refractivity contribution in [1.82, 2.24) is 0 Å². The number of hydrogen-bond donors (Lipinski definition) is 40. The SMILES string of the molecule is O=C(O)O.O=C(O)O.O=C(O)O.O=C(O)O.O=C(O)O.O=C(O)O.O=C(O)O.O=C(O)O.O=C(O)O.O=C(O)O.O=C(O)O.O=C(O)O.O=C(O)O.O=C(O)O.O=C(O)O.O=C(O)O.O=C(O)O.O=C(O)O.O=C(O)O.O=C(O)O.[NaH]. The Bertz CT molecular complexity index is 1050. The fraction of sp³-hybridized carbons (Fsp3) is 0. The summed E-state index contributed by atoms with van der Waals surface area (Å²) in [7, 11) is 0. The molecule has 0 fully saturated rings. The van der Waals surface area contributed by atoms with Gasteiger partial charge >= 0.3 is 153 Å². The predicted octanol–water partition coefficient (Wildman–Crippen LogP) is 3.80. The Hall–Kier alpha value is -13.6. The van der Waals surface area contributed by atoms with Crippen LogP contribution in [0.25, 0.3) is 0 Å². The standard InChI is InChI=1S/20CH2O3.Na.H/c20*2-1(3)4;;/h20*(H2,2,3,4);;. The first-order valence-electron chi connectivity index (χ1n) is 13.0. The van der Waals surface area contributed by atoms with E-state index in [1.54, 1.807) is 0 Å². The Labute approximate surface area is 452 Å². The van der Waals surface area contributed by atoms with Gasteiger partial charge in [-0.05, 0) is 0 Å². The third-order valence-corrected chi connectivity index (χ3v) is 0. The van der Waals surface area contributed by atoms with E-state index in [-0.39, 0.29) is 29.6 Å². The molecule has 0 aromatic carbocycles. The molecule has 0 radical (unpaired) electrons. The summed E-state index contributed by atoms with van der Waals surface area (Å²) in [6.07, 6.45) is -36.7. The molecule has 0 aliphatic carbocycles. The molecule has 0 saturated carbocycles. The summed E-state index contributed by atoms with van der Waals surface area (Å²) in [5.74, 6) is 0. The van der Waals surface area contributed by atoms with Gasteiger partial charge in [-0.1, -0.05) is 0 Å². The van der Waals surface area contributed by atoms with Crippen molar-refractivity contribution in [3.63, 3.8) is 0 Å². The molecule has 0 saturated heterocycles. The molecule has 0 atom stereocenters. The average Bonchev–Trinajstić information content (AvgIpc) is 2.99. The molecule has 482 valence electrons. The maximum absolute atomic E-state index is 8.56. The molecular formula is C20H41NaO60. The summed E-state index contributed by atoms with van der Waals surface area (Å²) in [6.45, 7) is 0. The first kappa shape index (κ1) is 138. The van der Waals surface area contributed by atoms with E-state index in [0.717, 1.165) is 0 Å². The van der Waals surface area contributed by atoms with Crippen molar-refractivity contribution in [3.05, 3.63) is 0 Å². The van der Waals surface area contributed by atoms with Gasteiger partial charge in [0.1, 0.15) is 0 Å². The number of carboxylic acid groups (broad SMARTS) is 40. The molecule has 0 heterocycles. The average molecular weight is 1260 g/mol. The van der Waals surface area contributed by atoms with Gasteiger partial charge in [-0.3, -0.25) is 0 Å². The minimum absolute atomic E-state index is 0. The van der Waals surface area contributed by atoms with Crippen molar-refractivity contribution in [2.45, 2.75) is 0 Å². The van der Waals surface area contributed by atoms with E-state index in [4.69, 9.17) is 300 Å². The summed E-state index contributed by atoms with van der Waals surface area (Å²) in [4.78, 5) is 171. The van der Waals surface area contributed by atoms with Crippen LogP contribution in [-0.4, -0.2) is 357 Å². The summed E-state index contributed by atoms with van der Waals surface area (Å²) in [6, 6.07) is 0. The molecule has 0 bridgehead atoms. The molecule has 0 spiro atoms. The molecule has 81 heavy (non-hydrogen) atoms. The van der Waals surface area contributed by atoms with Crippen molar-refractivity contribution in [1.29, 1.82) is 0 Å². The van der Waals surface area contributed by atoms with Crippen molar-refractivity contribution in [2.75, 3.05) is 0 Å². The first-order chi connectivity index (χ1) is 34.6. The summed E-state index contributed by atoms with van der Waals surface area (Å²) in [5, 5.41) is 279. The van der Waals surface area contributed by atoms with Crippen LogP contribution in [0, 0.1) is 0 Å². The number of hydrogen-bond acceptors (Lipinski definition) is 20. The van der Waals surface area contributed by atoms with E-state index in [2.05, 4.69) is 0 Å². The van der Waals surface area contributed by atoms with Gasteiger partial charge < -0.3 is 204 Å². The molecular weight excluding hydrogens is 1220 g/mol. The maximum atomic E-state index is 8.56. The molecule has 0 aromatic rings. The monoisotopic (exact) mass is 1260 g/mol. The van der Waals surface area contributed by atoms with Gasteiger partial charge in [0.2, 0.25) is 0 Å². The van der Waals surface area contributed by atoms with E-state index in [0.29, 0.717) is 0 Å². The second kappa shape index (κ2) is 132. The molecule has 0 aliphatic rings. The van der Waals surface area contributed by atoms with Crippen molar-refractivity contribution in [3.8, 4) is 0 Å². The van der Waals surface area contributed by atoms with Gasteiger partial charge in [0.25, 0.3) is 0 Å². The van der Waals surface area contributed by atoms with Crippen LogP contribution in [0.4, 0.5) is 95.9 Å². The Balaban J connectivity index is -0.0000000246. The van der Waals surface area contributed by atoms with E-state index in [1.807, 2.05) is 0 Å². The molecule has 0 aromatic heterocycles. The van der Waals surface area contributed by atoms with Gasteiger partial charge in [-0.15, -0.1) is 0 Å². The Kier molecular flexibility index (Phi) is 225. The predicted molar refractivity (Wildman–Crippen MR) is 220 cm³/mol. The van der Waals surface area contributed by atoms with Gasteiger partial charge in [0, 0.05) is 0 Å². The fourth-order valence-corrected chi connectivity index (χ4v) is 0. The zero-order valence-electron chi connectivity index (χ0n) is 36.1. The van der Waals surface area contributed by atoms with Crippen LogP contribution in [0.1, 0.15) is 0 Å². The normalized spacial score (nSPS) is 5.93. The van der Waals surface area contributed by atoms with Gasteiger partial charge in [0.05, 0.1) is 0 Å². The van der Waals surface area contributed by atoms with E-state index < -0.39 is 123 Å². The Morgan fingerprint density at radius 2 is 0.0864 bits per heavy atom. The van der Waals surface area contributed by atoms with Gasteiger partial charge in [-0.2, -0.15) is 0 Å². The second-order valence-corrected chi connectivity index (χ2v) is 5.65. The van der Waals surface area contributed by atoms with Crippen LogP contribution in [0.15, 0.2) is 0 Å². The zero-order chi connectivity index (χ0) is 71.5. The number of rotatable bonds is 0. The molecule has 60 nitrogen and oxygen atoms in total. The molecule has 40 N–H and O–H groups in total. The van der Waals surface area contributed by atoms with Crippen LogP contribution in [-0.2, 0) is 0 Å². The quantitative estimate of drug-likeness (QED) is 0.153. The van der Waals surface area contributed by atoms with Crippen LogP contribution in [0.3, 0.4) is 0 Å². The molecule has 0 aliphatic heterocycles. The van der Waals surface area contributed by atoms with Crippen LogP contribution in [0.2, 0.25) is 0 Å². The topological polar surface area (TPSA) is 1150 Å². The van der Waals surface area contributed by atoms with Crippen molar-refractivity contribution >= 4 is 153 Å². The van der Waals surface area contributed by atoms with E-state index in [9.17, 15) is 0 Å². The Morgan fingerprint density at radius 1 is 0.0864 bits per heavy atom. The summed E-state index contributed by atoms with van der Waals surface area (Å²) in [5.41, 5.74) is 0. The van der Waals surface area contributed by atoms with Crippen molar-refractivity contribution in [2.24, 2.45) is 0 Å².